The number of hydrogen-bond donors (Lipinski definition) is 7. The van der Waals surface area contributed by atoms with Gasteiger partial charge in [0.05, 0.1) is 36.0 Å². The molecule has 0 spiro atoms. The maximum atomic E-state index is 12.5. The van der Waals surface area contributed by atoms with E-state index < -0.39 is 102 Å². The molecular weight excluding hydrogens is 512 g/mol. The molecule has 0 aromatic carbocycles. The first kappa shape index (κ1) is 34.3. The van der Waals surface area contributed by atoms with Gasteiger partial charge in [0.25, 0.3) is 0 Å². The van der Waals surface area contributed by atoms with Gasteiger partial charge in [0.2, 0.25) is 0 Å². The zero-order valence-electron chi connectivity index (χ0n) is 21.5. The van der Waals surface area contributed by atoms with Gasteiger partial charge in [-0.3, -0.25) is 33.6 Å². The first-order chi connectivity index (χ1) is 17.2. The Bertz CT molecular complexity index is 938. The van der Waals surface area contributed by atoms with Crippen molar-refractivity contribution in [3.63, 3.8) is 0 Å². The molecule has 0 aromatic heterocycles. The van der Waals surface area contributed by atoms with Crippen molar-refractivity contribution in [3.05, 3.63) is 0 Å². The van der Waals surface area contributed by atoms with Gasteiger partial charge in [-0.2, -0.15) is 0 Å². The first-order valence-corrected chi connectivity index (χ1v) is 11.7. The molecule has 14 heteroatoms. The molecule has 0 aliphatic heterocycles. The fourth-order valence-corrected chi connectivity index (χ4v) is 5.09. The largest absolute Gasteiger partial charge is 0.481 e. The van der Waals surface area contributed by atoms with Crippen LogP contribution < -0.4 is 0 Å². The van der Waals surface area contributed by atoms with Gasteiger partial charge >= 0.3 is 41.8 Å². The summed E-state index contributed by atoms with van der Waals surface area (Å²) >= 11 is 0. The van der Waals surface area contributed by atoms with Gasteiger partial charge in [-0.15, -0.1) is 0 Å². The van der Waals surface area contributed by atoms with Crippen molar-refractivity contribution in [2.24, 2.45) is 28.1 Å². The van der Waals surface area contributed by atoms with Crippen molar-refractivity contribution in [1.82, 2.24) is 0 Å². The van der Waals surface area contributed by atoms with E-state index in [-0.39, 0.29) is 18.8 Å². The van der Waals surface area contributed by atoms with Crippen LogP contribution in [-0.2, 0) is 33.6 Å². The maximum Gasteiger partial charge on any atom is 0.310 e. The summed E-state index contributed by atoms with van der Waals surface area (Å²) in [6, 6.07) is 0. The molecule has 0 saturated heterocycles. The zero-order chi connectivity index (χ0) is 30.1. The molecule has 4 unspecified atom stereocenters. The van der Waals surface area contributed by atoms with Gasteiger partial charge in [0.15, 0.2) is 0 Å². The summed E-state index contributed by atoms with van der Waals surface area (Å²) in [6.07, 6.45) is -5.98. The van der Waals surface area contributed by atoms with Crippen molar-refractivity contribution >= 4 is 41.8 Å². The van der Waals surface area contributed by atoms with Crippen LogP contribution in [0, 0.1) is 28.1 Å². The zero-order valence-corrected chi connectivity index (χ0v) is 21.5. The van der Waals surface area contributed by atoms with Crippen molar-refractivity contribution in [2.45, 2.75) is 78.6 Å². The smallest absolute Gasteiger partial charge is 0.310 e. The minimum Gasteiger partial charge on any atom is -0.481 e. The molecule has 7 N–H and O–H groups in total. The van der Waals surface area contributed by atoms with Crippen molar-refractivity contribution in [1.29, 1.82) is 0 Å². The van der Waals surface area contributed by atoms with E-state index >= 15 is 0 Å². The van der Waals surface area contributed by atoms with Crippen molar-refractivity contribution in [2.75, 3.05) is 0 Å². The van der Waals surface area contributed by atoms with Crippen LogP contribution in [0.1, 0.15) is 78.6 Å². The second-order valence-electron chi connectivity index (χ2n) is 10.9. The van der Waals surface area contributed by atoms with Crippen LogP contribution in [0.3, 0.4) is 0 Å². The lowest BCUT2D eigenvalue weighted by Gasteiger charge is -2.40. The van der Waals surface area contributed by atoms with E-state index in [0.717, 1.165) is 0 Å². The van der Waals surface area contributed by atoms with Gasteiger partial charge in [-0.1, -0.05) is 20.8 Å². The van der Waals surface area contributed by atoms with E-state index in [1.165, 1.54) is 0 Å². The van der Waals surface area contributed by atoms with Gasteiger partial charge in [-0.05, 0) is 43.4 Å². The summed E-state index contributed by atoms with van der Waals surface area (Å²) in [7, 11) is 0. The summed E-state index contributed by atoms with van der Waals surface area (Å²) in [6.45, 7) is 5.04. The van der Waals surface area contributed by atoms with Crippen molar-refractivity contribution in [3.8, 4) is 0 Å². The molecular formula is C24H36O14. The Hall–Kier alpha value is -3.71. The fourth-order valence-electron chi connectivity index (χ4n) is 5.09. The molecule has 0 aliphatic rings. The molecule has 0 fully saturated rings. The molecule has 0 aliphatic carbocycles. The average Bonchev–Trinajstić information content (AvgIpc) is 2.68. The summed E-state index contributed by atoms with van der Waals surface area (Å²) in [5.74, 6) is -13.6. The van der Waals surface area contributed by atoms with E-state index in [9.17, 15) is 59.1 Å². The Labute approximate surface area is 218 Å². The number of carboxylic acids is 7. The predicted octanol–water partition coefficient (Wildman–Crippen LogP) is 2.34. The molecule has 0 saturated carbocycles. The Kier molecular flexibility index (Phi) is 12.4. The standard InChI is InChI=1S/C24H36O14/c1-13(6-15(25)26)8-22(2,3)4-5-23(20(35)36,10-17(29)30)12-24(21(37)38,11-18(31)32)9-14(19(33)34)7-16(27)28/h13-14H,4-12H2,1-3H3,(H,25,26)(H,27,28)(H,29,30)(H,31,32)(H,33,34)(H,35,36)(H,37,38). The third-order valence-electron chi connectivity index (χ3n) is 6.68. The molecule has 0 bridgehead atoms. The van der Waals surface area contributed by atoms with Gasteiger partial charge in [0.1, 0.15) is 0 Å². The van der Waals surface area contributed by atoms with Crippen LogP contribution in [0.5, 0.6) is 0 Å². The Balaban J connectivity index is 6.65. The Morgan fingerprint density at radius 2 is 1.05 bits per heavy atom. The van der Waals surface area contributed by atoms with E-state index in [1.54, 1.807) is 20.8 Å². The highest BCUT2D eigenvalue weighted by molar-refractivity contribution is 5.86. The molecule has 0 radical (unpaired) electrons. The van der Waals surface area contributed by atoms with E-state index in [0.29, 0.717) is 6.42 Å². The molecule has 14 nitrogen and oxygen atoms in total. The average molecular weight is 549 g/mol. The normalized spacial score (nSPS) is 16.3. The van der Waals surface area contributed by atoms with Gasteiger partial charge < -0.3 is 35.7 Å². The number of carbonyl (C=O) groups is 7. The van der Waals surface area contributed by atoms with Gasteiger partial charge in [-0.25, -0.2) is 0 Å². The fraction of sp³-hybridized carbons (Fsp3) is 0.708. The molecule has 0 aromatic rings. The second-order valence-corrected chi connectivity index (χ2v) is 10.9. The monoisotopic (exact) mass is 548 g/mol. The van der Waals surface area contributed by atoms with Crippen LogP contribution in [0.2, 0.25) is 0 Å². The molecule has 0 rings (SSSR count). The molecule has 216 valence electrons. The number of hydrogen-bond acceptors (Lipinski definition) is 7. The highest BCUT2D eigenvalue weighted by Crippen LogP contribution is 2.49. The predicted molar refractivity (Wildman–Crippen MR) is 126 cm³/mol. The quantitative estimate of drug-likeness (QED) is 0.115. The van der Waals surface area contributed by atoms with Gasteiger partial charge in [0, 0.05) is 6.42 Å². The molecule has 38 heavy (non-hydrogen) atoms. The van der Waals surface area contributed by atoms with Crippen molar-refractivity contribution < 1.29 is 69.3 Å². The van der Waals surface area contributed by atoms with Crippen LogP contribution in [0.4, 0.5) is 0 Å². The number of carboxylic acid groups (broad SMARTS) is 7. The van der Waals surface area contributed by atoms with Crippen LogP contribution in [-0.4, -0.2) is 77.5 Å². The SMILES string of the molecule is CC(CC(=O)O)CC(C)(C)CCC(CC(=O)O)(CC(CC(=O)O)(CC(CC(=O)O)C(=O)O)C(=O)O)C(=O)O. The second kappa shape index (κ2) is 13.7. The lowest BCUT2D eigenvalue weighted by atomic mass is 9.61. The molecule has 0 heterocycles. The minimum absolute atomic E-state index is 0.0171. The van der Waals surface area contributed by atoms with E-state index in [4.69, 9.17) is 10.2 Å². The third kappa shape index (κ3) is 11.1. The first-order valence-electron chi connectivity index (χ1n) is 11.7. The number of aliphatic carboxylic acids is 7. The highest BCUT2D eigenvalue weighted by Gasteiger charge is 2.54. The van der Waals surface area contributed by atoms with E-state index in [2.05, 4.69) is 0 Å². The topological polar surface area (TPSA) is 261 Å². The summed E-state index contributed by atoms with van der Waals surface area (Å²) in [5.41, 5.74) is -5.72. The maximum absolute atomic E-state index is 12.5. The van der Waals surface area contributed by atoms with Crippen LogP contribution >= 0.6 is 0 Å². The Morgan fingerprint density at radius 1 is 0.605 bits per heavy atom. The van der Waals surface area contributed by atoms with E-state index in [1.807, 2.05) is 0 Å². The highest BCUT2D eigenvalue weighted by atomic mass is 16.4. The van der Waals surface area contributed by atoms with Crippen LogP contribution in [0.25, 0.3) is 0 Å². The summed E-state index contributed by atoms with van der Waals surface area (Å²) in [4.78, 5) is 82.2. The lowest BCUT2D eigenvalue weighted by molar-refractivity contribution is -0.170. The molecule has 0 amide bonds. The molecule has 4 atom stereocenters. The van der Waals surface area contributed by atoms with Crippen LogP contribution in [0.15, 0.2) is 0 Å². The minimum atomic E-state index is -2.63. The lowest BCUT2D eigenvalue weighted by Crippen LogP contribution is -2.46. The summed E-state index contributed by atoms with van der Waals surface area (Å²) in [5, 5.41) is 66.7. The third-order valence-corrected chi connectivity index (χ3v) is 6.68. The Morgan fingerprint density at radius 3 is 1.42 bits per heavy atom. The summed E-state index contributed by atoms with van der Waals surface area (Å²) < 4.78 is 0. The number of rotatable bonds is 20.